The summed E-state index contributed by atoms with van der Waals surface area (Å²) in [6.07, 6.45) is 0. The predicted octanol–water partition coefficient (Wildman–Crippen LogP) is 1.55. The van der Waals surface area contributed by atoms with Crippen LogP contribution in [0.25, 0.3) is 0 Å². The van der Waals surface area contributed by atoms with Gasteiger partial charge in [-0.3, -0.25) is 0 Å². The van der Waals surface area contributed by atoms with Crippen molar-refractivity contribution < 1.29 is 19.3 Å². The molecule has 0 saturated carbocycles. The van der Waals surface area contributed by atoms with Crippen LogP contribution < -0.4 is 5.43 Å². The Balaban J connectivity index is 1.98. The van der Waals surface area contributed by atoms with Crippen LogP contribution in [0.4, 0.5) is 0 Å². The smallest absolute Gasteiger partial charge is 0.235 e. The van der Waals surface area contributed by atoms with E-state index in [-0.39, 0.29) is 18.6 Å². The summed E-state index contributed by atoms with van der Waals surface area (Å²) >= 11 is 0. The first-order valence-electron chi connectivity index (χ1n) is 5.56. The van der Waals surface area contributed by atoms with Gasteiger partial charge in [0.2, 0.25) is 12.1 Å². The fourth-order valence-corrected chi connectivity index (χ4v) is 1.10. The van der Waals surface area contributed by atoms with Crippen LogP contribution in [-0.2, 0) is 20.9 Å². The Hall–Kier alpha value is -1.86. The van der Waals surface area contributed by atoms with Crippen molar-refractivity contribution in [2.75, 3.05) is 20.1 Å². The van der Waals surface area contributed by atoms with Gasteiger partial charge in [0.05, 0.1) is 18.1 Å². The van der Waals surface area contributed by atoms with E-state index >= 15 is 0 Å². The van der Waals surface area contributed by atoms with Gasteiger partial charge in [0, 0.05) is 0 Å². The van der Waals surface area contributed by atoms with Gasteiger partial charge >= 0.3 is 0 Å². The third-order valence-electron chi connectivity index (χ3n) is 1.84. The van der Waals surface area contributed by atoms with Crippen molar-refractivity contribution in [3.05, 3.63) is 41.1 Å². The average molecular weight is 255 g/mol. The van der Waals surface area contributed by atoms with Gasteiger partial charge in [-0.05, 0) is 12.5 Å². The molecule has 7 heteroatoms. The van der Waals surface area contributed by atoms with Gasteiger partial charge in [0.1, 0.15) is 0 Å². The third kappa shape index (κ3) is 6.66. The predicted molar refractivity (Wildman–Crippen MR) is 62.9 cm³/mol. The molecule has 0 aliphatic carbocycles. The molecular formula is C11H17N3O4. The first kappa shape index (κ1) is 14.2. The number of hydrazine groups is 1. The summed E-state index contributed by atoms with van der Waals surface area (Å²) in [5.74, 6) is 0. The topological polar surface area (TPSA) is 78.2 Å². The van der Waals surface area contributed by atoms with E-state index in [9.17, 15) is 5.21 Å². The number of benzene rings is 1. The summed E-state index contributed by atoms with van der Waals surface area (Å²) in [5.41, 5.74) is 3.43. The highest BCUT2D eigenvalue weighted by atomic mass is 16.8. The summed E-state index contributed by atoms with van der Waals surface area (Å²) in [6.45, 7) is 2.64. The highest BCUT2D eigenvalue weighted by Gasteiger charge is 1.94. The molecule has 0 heterocycles. The molecule has 0 aliphatic heterocycles. The standard InChI is InChI=1S/C11H17N3O4/c1-2-12-14(15)13-18-10-17-9-16-8-11-6-4-3-5-7-11/h3-7H,2,8-10H2,1H3,(H,12,13). The molecule has 1 N–H and O–H groups in total. The molecule has 18 heavy (non-hydrogen) atoms. The van der Waals surface area contributed by atoms with Crippen molar-refractivity contribution in [2.45, 2.75) is 13.5 Å². The van der Waals surface area contributed by atoms with Gasteiger partial charge in [-0.2, -0.15) is 5.43 Å². The molecule has 0 amide bonds. The lowest BCUT2D eigenvalue weighted by Crippen LogP contribution is -2.22. The van der Waals surface area contributed by atoms with E-state index in [1.165, 1.54) is 0 Å². The molecule has 100 valence electrons. The summed E-state index contributed by atoms with van der Waals surface area (Å²) in [6, 6.07) is 9.72. The van der Waals surface area contributed by atoms with E-state index < -0.39 is 0 Å². The maximum atomic E-state index is 10.7. The van der Waals surface area contributed by atoms with Crippen LogP contribution in [0.1, 0.15) is 12.5 Å². The second kappa shape index (κ2) is 9.20. The normalized spacial score (nSPS) is 11.3. The fraction of sp³-hybridized carbons (Fsp3) is 0.455. The monoisotopic (exact) mass is 255 g/mol. The molecule has 0 spiro atoms. The molecule has 1 aromatic carbocycles. The van der Waals surface area contributed by atoms with E-state index in [2.05, 4.69) is 15.5 Å². The molecular weight excluding hydrogens is 238 g/mol. The summed E-state index contributed by atoms with van der Waals surface area (Å²) in [5, 5.41) is 13.9. The van der Waals surface area contributed by atoms with Crippen molar-refractivity contribution in [2.24, 2.45) is 5.28 Å². The number of nitrogens with one attached hydrogen (secondary N) is 1. The van der Waals surface area contributed by atoms with E-state index in [0.717, 1.165) is 5.56 Å². The molecule has 0 saturated heterocycles. The van der Waals surface area contributed by atoms with Crippen molar-refractivity contribution in [3.8, 4) is 0 Å². The SMILES string of the molecule is CCN/[N+]([O-])=N/OCOCOCc1ccccc1. The van der Waals surface area contributed by atoms with Crippen molar-refractivity contribution >= 4 is 0 Å². The minimum absolute atomic E-state index is 0.0739. The summed E-state index contributed by atoms with van der Waals surface area (Å²) in [4.78, 5) is 4.80. The van der Waals surface area contributed by atoms with E-state index in [1.54, 1.807) is 6.92 Å². The quantitative estimate of drug-likeness (QED) is 0.238. The molecule has 1 rings (SSSR count). The van der Waals surface area contributed by atoms with Crippen LogP contribution >= 0.6 is 0 Å². The lowest BCUT2D eigenvalue weighted by molar-refractivity contribution is -0.615. The van der Waals surface area contributed by atoms with Gasteiger partial charge in [0.15, 0.2) is 6.79 Å². The first-order chi connectivity index (χ1) is 8.83. The minimum Gasteiger partial charge on any atom is -0.569 e. The Morgan fingerprint density at radius 3 is 2.72 bits per heavy atom. The van der Waals surface area contributed by atoms with Crippen LogP contribution in [0.15, 0.2) is 35.6 Å². The second-order valence-electron chi connectivity index (χ2n) is 3.27. The maximum absolute atomic E-state index is 10.7. The van der Waals surface area contributed by atoms with Gasteiger partial charge in [-0.15, -0.1) is 0 Å². The number of rotatable bonds is 9. The second-order valence-corrected chi connectivity index (χ2v) is 3.27. The number of ether oxygens (including phenoxy) is 2. The number of hydrogen-bond acceptors (Lipinski definition) is 5. The molecule has 0 atom stereocenters. The first-order valence-corrected chi connectivity index (χ1v) is 5.56. The van der Waals surface area contributed by atoms with E-state index in [0.29, 0.717) is 13.2 Å². The maximum Gasteiger partial charge on any atom is 0.235 e. The summed E-state index contributed by atoms with van der Waals surface area (Å²) < 4.78 is 10.2. The van der Waals surface area contributed by atoms with Gasteiger partial charge in [-0.1, -0.05) is 30.3 Å². The lowest BCUT2D eigenvalue weighted by atomic mass is 10.2. The summed E-state index contributed by atoms with van der Waals surface area (Å²) in [7, 11) is 0. The molecule has 0 bridgehead atoms. The Morgan fingerprint density at radius 2 is 2.00 bits per heavy atom. The Bertz CT molecular complexity index is 345. The van der Waals surface area contributed by atoms with Crippen LogP contribution in [0.3, 0.4) is 0 Å². The minimum atomic E-state index is -0.140. The van der Waals surface area contributed by atoms with Gasteiger partial charge < -0.3 is 19.5 Å². The third-order valence-corrected chi connectivity index (χ3v) is 1.84. The largest absolute Gasteiger partial charge is 0.569 e. The average Bonchev–Trinajstić information content (AvgIpc) is 2.39. The van der Waals surface area contributed by atoms with Gasteiger partial charge in [-0.25, -0.2) is 0 Å². The van der Waals surface area contributed by atoms with Gasteiger partial charge in [0.25, 0.3) is 0 Å². The number of nitrogens with zero attached hydrogens (tertiary/aromatic N) is 2. The molecule has 1 aromatic rings. The molecule has 7 nitrogen and oxygen atoms in total. The Labute approximate surface area is 105 Å². The molecule has 0 radical (unpaired) electrons. The molecule has 0 fully saturated rings. The Morgan fingerprint density at radius 1 is 1.22 bits per heavy atom. The van der Waals surface area contributed by atoms with Crippen LogP contribution in [-0.4, -0.2) is 25.1 Å². The van der Waals surface area contributed by atoms with Crippen LogP contribution in [0, 0.1) is 5.21 Å². The van der Waals surface area contributed by atoms with Crippen molar-refractivity contribution in [3.63, 3.8) is 0 Å². The lowest BCUT2D eigenvalue weighted by Gasteiger charge is -2.04. The van der Waals surface area contributed by atoms with Crippen molar-refractivity contribution in [1.29, 1.82) is 0 Å². The zero-order chi connectivity index (χ0) is 13.1. The number of hydrogen-bond donors (Lipinski definition) is 1. The highest BCUT2D eigenvalue weighted by Crippen LogP contribution is 2.00. The van der Waals surface area contributed by atoms with Crippen LogP contribution in [0.5, 0.6) is 0 Å². The van der Waals surface area contributed by atoms with E-state index in [1.807, 2.05) is 30.3 Å². The molecule has 0 aliphatic rings. The molecule has 0 aromatic heterocycles. The van der Waals surface area contributed by atoms with E-state index in [4.69, 9.17) is 9.47 Å². The zero-order valence-electron chi connectivity index (χ0n) is 10.2. The molecule has 0 unspecified atom stereocenters. The zero-order valence-corrected chi connectivity index (χ0v) is 10.2. The highest BCUT2D eigenvalue weighted by molar-refractivity contribution is 5.13. The Kier molecular flexibility index (Phi) is 7.26. The fourth-order valence-electron chi connectivity index (χ4n) is 1.10. The van der Waals surface area contributed by atoms with Crippen molar-refractivity contribution in [1.82, 2.24) is 5.43 Å². The van der Waals surface area contributed by atoms with Crippen LogP contribution in [0.2, 0.25) is 0 Å².